The Balaban J connectivity index is 1.83. The molecule has 0 aliphatic carbocycles. The number of aromatic nitrogens is 2. The second-order valence-corrected chi connectivity index (χ2v) is 5.60. The topological polar surface area (TPSA) is 76.5 Å². The zero-order valence-electron chi connectivity index (χ0n) is 13.6. The molecule has 0 saturated carbocycles. The molecule has 0 spiro atoms. The molecule has 1 aromatic carbocycles. The molecular weight excluding hydrogens is 308 g/mol. The summed E-state index contributed by atoms with van der Waals surface area (Å²) in [4.78, 5) is 29.9. The second kappa shape index (κ2) is 7.27. The highest BCUT2D eigenvalue weighted by Crippen LogP contribution is 2.18. The van der Waals surface area contributed by atoms with Crippen LogP contribution in [0.5, 0.6) is 0 Å². The van der Waals surface area contributed by atoms with Crippen LogP contribution in [-0.4, -0.2) is 52.6 Å². The fourth-order valence-electron chi connectivity index (χ4n) is 2.62. The van der Waals surface area contributed by atoms with Gasteiger partial charge in [-0.3, -0.25) is 9.59 Å². The lowest BCUT2D eigenvalue weighted by Crippen LogP contribution is -2.41. The van der Waals surface area contributed by atoms with Gasteiger partial charge in [-0.1, -0.05) is 12.1 Å². The number of hydrogen-bond acceptors (Lipinski definition) is 4. The summed E-state index contributed by atoms with van der Waals surface area (Å²) in [5, 5.41) is 2.71. The third kappa shape index (κ3) is 3.62. The van der Waals surface area contributed by atoms with Crippen LogP contribution in [0.2, 0.25) is 0 Å². The summed E-state index contributed by atoms with van der Waals surface area (Å²) in [7, 11) is 0. The summed E-state index contributed by atoms with van der Waals surface area (Å²) < 4.78 is 7.12. The maximum atomic E-state index is 12.8. The van der Waals surface area contributed by atoms with E-state index in [-0.39, 0.29) is 11.8 Å². The first kappa shape index (κ1) is 16.2. The number of morpholine rings is 1. The first-order chi connectivity index (χ1) is 11.6. The first-order valence-corrected chi connectivity index (χ1v) is 7.89. The number of para-hydroxylation sites is 1. The number of rotatable bonds is 4. The molecule has 7 heteroatoms. The molecule has 1 N–H and O–H groups in total. The number of benzene rings is 1. The van der Waals surface area contributed by atoms with E-state index in [2.05, 4.69) is 10.3 Å². The Morgan fingerprint density at radius 1 is 1.25 bits per heavy atom. The van der Waals surface area contributed by atoms with Crippen molar-refractivity contribution in [3.05, 3.63) is 48.0 Å². The van der Waals surface area contributed by atoms with Crippen molar-refractivity contribution in [2.75, 3.05) is 26.3 Å². The first-order valence-electron chi connectivity index (χ1n) is 7.89. The van der Waals surface area contributed by atoms with Crippen LogP contribution in [0.15, 0.2) is 36.8 Å². The van der Waals surface area contributed by atoms with Gasteiger partial charge in [0.15, 0.2) is 0 Å². The highest BCUT2D eigenvalue weighted by molar-refractivity contribution is 5.97. The molecule has 1 saturated heterocycles. The fraction of sp³-hybridized carbons (Fsp3) is 0.353. The molecule has 2 amide bonds. The van der Waals surface area contributed by atoms with E-state index in [4.69, 9.17) is 4.74 Å². The third-order valence-corrected chi connectivity index (χ3v) is 3.87. The van der Waals surface area contributed by atoms with Crippen molar-refractivity contribution in [3.63, 3.8) is 0 Å². The summed E-state index contributed by atoms with van der Waals surface area (Å²) in [5.74, 6) is -0.113. The van der Waals surface area contributed by atoms with Crippen molar-refractivity contribution in [3.8, 4) is 5.69 Å². The molecule has 0 radical (unpaired) electrons. The van der Waals surface area contributed by atoms with Crippen molar-refractivity contribution in [2.24, 2.45) is 0 Å². The van der Waals surface area contributed by atoms with Crippen LogP contribution in [0.1, 0.15) is 23.0 Å². The number of hydrogen-bond donors (Lipinski definition) is 1. The standard InChI is InChI=1S/C17H20N4O3/c1-13(22)18-10-14-11-21(12-19-14)16-5-3-2-4-15(16)17(23)20-6-8-24-9-7-20/h2-5,11-12H,6-10H2,1H3,(H,18,22). The SMILES string of the molecule is CC(=O)NCc1cn(-c2ccccc2C(=O)N2CCOCC2)cn1. The molecule has 3 rings (SSSR count). The summed E-state index contributed by atoms with van der Waals surface area (Å²) in [6.07, 6.45) is 3.48. The summed E-state index contributed by atoms with van der Waals surface area (Å²) >= 11 is 0. The Hall–Kier alpha value is -2.67. The number of amides is 2. The molecule has 126 valence electrons. The Labute approximate surface area is 140 Å². The average Bonchev–Trinajstić information content (AvgIpc) is 3.09. The molecule has 0 atom stereocenters. The molecule has 1 aliphatic heterocycles. The fourth-order valence-corrected chi connectivity index (χ4v) is 2.62. The molecule has 1 fully saturated rings. The monoisotopic (exact) mass is 328 g/mol. The Kier molecular flexibility index (Phi) is 4.90. The van der Waals surface area contributed by atoms with Gasteiger partial charge >= 0.3 is 0 Å². The van der Waals surface area contributed by atoms with E-state index in [9.17, 15) is 9.59 Å². The second-order valence-electron chi connectivity index (χ2n) is 5.60. The third-order valence-electron chi connectivity index (χ3n) is 3.87. The van der Waals surface area contributed by atoms with E-state index in [1.807, 2.05) is 35.0 Å². The molecule has 1 aliphatic rings. The van der Waals surface area contributed by atoms with Gasteiger partial charge in [0.1, 0.15) is 0 Å². The zero-order chi connectivity index (χ0) is 16.9. The predicted octanol–water partition coefficient (Wildman–Crippen LogP) is 0.981. The molecule has 0 unspecified atom stereocenters. The largest absolute Gasteiger partial charge is 0.378 e. The minimum absolute atomic E-state index is 0.00832. The van der Waals surface area contributed by atoms with Gasteiger partial charge in [-0.15, -0.1) is 0 Å². The molecular formula is C17H20N4O3. The zero-order valence-corrected chi connectivity index (χ0v) is 13.6. The van der Waals surface area contributed by atoms with Crippen LogP contribution in [0.4, 0.5) is 0 Å². The lowest BCUT2D eigenvalue weighted by atomic mass is 10.1. The van der Waals surface area contributed by atoms with Gasteiger partial charge in [0.05, 0.1) is 43.0 Å². The van der Waals surface area contributed by atoms with Gasteiger partial charge in [0.2, 0.25) is 5.91 Å². The highest BCUT2D eigenvalue weighted by atomic mass is 16.5. The number of ether oxygens (including phenoxy) is 1. The van der Waals surface area contributed by atoms with Gasteiger partial charge in [-0.2, -0.15) is 0 Å². The van der Waals surface area contributed by atoms with Crippen molar-refractivity contribution >= 4 is 11.8 Å². The minimum atomic E-state index is -0.104. The summed E-state index contributed by atoms with van der Waals surface area (Å²) in [6.45, 7) is 4.17. The van der Waals surface area contributed by atoms with Gasteiger partial charge in [-0.25, -0.2) is 4.98 Å². The smallest absolute Gasteiger partial charge is 0.256 e. The van der Waals surface area contributed by atoms with Crippen molar-refractivity contribution in [1.29, 1.82) is 0 Å². The van der Waals surface area contributed by atoms with E-state index in [1.54, 1.807) is 11.2 Å². The molecule has 1 aromatic heterocycles. The molecule has 7 nitrogen and oxygen atoms in total. The molecule has 2 aromatic rings. The van der Waals surface area contributed by atoms with E-state index in [0.29, 0.717) is 38.4 Å². The summed E-state index contributed by atoms with van der Waals surface area (Å²) in [5.41, 5.74) is 2.14. The summed E-state index contributed by atoms with van der Waals surface area (Å²) in [6, 6.07) is 7.45. The van der Waals surface area contributed by atoms with E-state index in [1.165, 1.54) is 6.92 Å². The van der Waals surface area contributed by atoms with Crippen LogP contribution in [0.3, 0.4) is 0 Å². The number of carbonyl (C=O) groups excluding carboxylic acids is 2. The predicted molar refractivity (Wildman–Crippen MR) is 87.8 cm³/mol. The van der Waals surface area contributed by atoms with E-state index >= 15 is 0 Å². The highest BCUT2D eigenvalue weighted by Gasteiger charge is 2.21. The quantitative estimate of drug-likeness (QED) is 0.908. The van der Waals surface area contributed by atoms with Crippen LogP contribution in [-0.2, 0) is 16.1 Å². The average molecular weight is 328 g/mol. The van der Waals surface area contributed by atoms with Gasteiger partial charge < -0.3 is 19.5 Å². The van der Waals surface area contributed by atoms with Crippen LogP contribution >= 0.6 is 0 Å². The van der Waals surface area contributed by atoms with Crippen LogP contribution in [0.25, 0.3) is 5.69 Å². The normalized spacial score (nSPS) is 14.5. The van der Waals surface area contributed by atoms with Crippen LogP contribution < -0.4 is 5.32 Å². The van der Waals surface area contributed by atoms with Crippen LogP contribution in [0, 0.1) is 0 Å². The Morgan fingerprint density at radius 3 is 2.75 bits per heavy atom. The maximum Gasteiger partial charge on any atom is 0.256 e. The van der Waals surface area contributed by atoms with Gasteiger partial charge in [0.25, 0.3) is 5.91 Å². The number of carbonyl (C=O) groups is 2. The number of nitrogens with one attached hydrogen (secondary N) is 1. The van der Waals surface area contributed by atoms with E-state index in [0.717, 1.165) is 11.4 Å². The lowest BCUT2D eigenvalue weighted by molar-refractivity contribution is -0.119. The van der Waals surface area contributed by atoms with Gasteiger partial charge in [-0.05, 0) is 12.1 Å². The number of nitrogens with zero attached hydrogens (tertiary/aromatic N) is 3. The molecule has 2 heterocycles. The Morgan fingerprint density at radius 2 is 2.00 bits per heavy atom. The Bertz CT molecular complexity index is 735. The number of imidazole rings is 1. The van der Waals surface area contributed by atoms with E-state index < -0.39 is 0 Å². The van der Waals surface area contributed by atoms with Crippen molar-refractivity contribution < 1.29 is 14.3 Å². The minimum Gasteiger partial charge on any atom is -0.378 e. The van der Waals surface area contributed by atoms with Crippen molar-refractivity contribution in [1.82, 2.24) is 19.8 Å². The molecule has 0 bridgehead atoms. The maximum absolute atomic E-state index is 12.8. The van der Waals surface area contributed by atoms with Gasteiger partial charge in [0, 0.05) is 26.2 Å². The lowest BCUT2D eigenvalue weighted by Gasteiger charge is -2.27. The molecule has 24 heavy (non-hydrogen) atoms. The van der Waals surface area contributed by atoms with Crippen molar-refractivity contribution in [2.45, 2.75) is 13.5 Å².